The SMILES string of the molecule is CC(Nc1cccc2ncccc12)c1cnccn1. The molecular weight excluding hydrogens is 236 g/mol. The quantitative estimate of drug-likeness (QED) is 0.775. The molecule has 2 heterocycles. The van der Waals surface area contributed by atoms with E-state index >= 15 is 0 Å². The Bertz CT molecular complexity index is 677. The van der Waals surface area contributed by atoms with Gasteiger partial charge < -0.3 is 5.32 Å². The van der Waals surface area contributed by atoms with Crippen molar-refractivity contribution in [2.24, 2.45) is 0 Å². The molecule has 0 saturated carbocycles. The Kier molecular flexibility index (Phi) is 3.06. The predicted octanol–water partition coefficient (Wildman–Crippen LogP) is 3.20. The first-order valence-electron chi connectivity index (χ1n) is 6.21. The van der Waals surface area contributed by atoms with Crippen LogP contribution in [0, 0.1) is 0 Å². The van der Waals surface area contributed by atoms with Crippen molar-refractivity contribution in [1.29, 1.82) is 0 Å². The second-order valence-corrected chi connectivity index (χ2v) is 4.37. The summed E-state index contributed by atoms with van der Waals surface area (Å²) in [6.07, 6.45) is 6.97. The van der Waals surface area contributed by atoms with Crippen LogP contribution in [0.1, 0.15) is 18.7 Å². The standard InChI is InChI=1S/C15H14N4/c1-11(15-10-16-8-9-18-15)19-14-6-2-5-13-12(14)4-3-7-17-13/h2-11,19H,1H3. The van der Waals surface area contributed by atoms with E-state index in [1.54, 1.807) is 24.8 Å². The molecule has 3 aromatic rings. The third-order valence-corrected chi connectivity index (χ3v) is 3.04. The molecule has 0 spiro atoms. The van der Waals surface area contributed by atoms with Gasteiger partial charge in [0.2, 0.25) is 0 Å². The van der Waals surface area contributed by atoms with Gasteiger partial charge in [0, 0.05) is 29.7 Å². The van der Waals surface area contributed by atoms with E-state index in [2.05, 4.69) is 39.3 Å². The van der Waals surface area contributed by atoms with Crippen LogP contribution in [0.3, 0.4) is 0 Å². The van der Waals surface area contributed by atoms with Crippen molar-refractivity contribution in [3.8, 4) is 0 Å². The van der Waals surface area contributed by atoms with E-state index < -0.39 is 0 Å². The largest absolute Gasteiger partial charge is 0.376 e. The maximum Gasteiger partial charge on any atom is 0.0806 e. The van der Waals surface area contributed by atoms with Crippen LogP contribution in [-0.4, -0.2) is 15.0 Å². The first kappa shape index (κ1) is 11.6. The minimum absolute atomic E-state index is 0.0968. The lowest BCUT2D eigenvalue weighted by atomic mass is 10.1. The minimum Gasteiger partial charge on any atom is -0.376 e. The van der Waals surface area contributed by atoms with Gasteiger partial charge in [-0.15, -0.1) is 0 Å². The second-order valence-electron chi connectivity index (χ2n) is 4.37. The van der Waals surface area contributed by atoms with Gasteiger partial charge in [-0.05, 0) is 31.2 Å². The van der Waals surface area contributed by atoms with E-state index in [0.717, 1.165) is 22.3 Å². The predicted molar refractivity (Wildman–Crippen MR) is 75.8 cm³/mol. The highest BCUT2D eigenvalue weighted by molar-refractivity contribution is 5.91. The van der Waals surface area contributed by atoms with Crippen LogP contribution in [0.2, 0.25) is 0 Å². The summed E-state index contributed by atoms with van der Waals surface area (Å²) in [6.45, 7) is 2.07. The normalized spacial score (nSPS) is 12.3. The fourth-order valence-electron chi connectivity index (χ4n) is 2.07. The summed E-state index contributed by atoms with van der Waals surface area (Å²) in [5, 5.41) is 4.57. The lowest BCUT2D eigenvalue weighted by Gasteiger charge is -2.15. The zero-order valence-corrected chi connectivity index (χ0v) is 10.6. The molecule has 19 heavy (non-hydrogen) atoms. The van der Waals surface area contributed by atoms with Crippen LogP contribution in [0.15, 0.2) is 55.1 Å². The first-order chi connectivity index (χ1) is 9.34. The van der Waals surface area contributed by atoms with Gasteiger partial charge in [-0.3, -0.25) is 15.0 Å². The van der Waals surface area contributed by atoms with Crippen LogP contribution in [0.25, 0.3) is 10.9 Å². The first-order valence-corrected chi connectivity index (χ1v) is 6.21. The van der Waals surface area contributed by atoms with Gasteiger partial charge in [-0.25, -0.2) is 0 Å². The highest BCUT2D eigenvalue weighted by atomic mass is 14.9. The Morgan fingerprint density at radius 2 is 1.95 bits per heavy atom. The molecule has 0 radical (unpaired) electrons. The van der Waals surface area contributed by atoms with Crippen LogP contribution in [0.5, 0.6) is 0 Å². The highest BCUT2D eigenvalue weighted by Crippen LogP contribution is 2.24. The maximum atomic E-state index is 4.35. The summed E-state index contributed by atoms with van der Waals surface area (Å²) in [4.78, 5) is 12.8. The third kappa shape index (κ3) is 2.38. The summed E-state index contributed by atoms with van der Waals surface area (Å²) in [6, 6.07) is 10.2. The topological polar surface area (TPSA) is 50.7 Å². The van der Waals surface area contributed by atoms with Gasteiger partial charge in [0.05, 0.1) is 23.4 Å². The zero-order chi connectivity index (χ0) is 13.1. The van der Waals surface area contributed by atoms with Crippen molar-refractivity contribution >= 4 is 16.6 Å². The van der Waals surface area contributed by atoms with Gasteiger partial charge in [-0.2, -0.15) is 0 Å². The van der Waals surface area contributed by atoms with E-state index in [1.807, 2.05) is 18.2 Å². The highest BCUT2D eigenvalue weighted by Gasteiger charge is 2.08. The maximum absolute atomic E-state index is 4.35. The van der Waals surface area contributed by atoms with Crippen molar-refractivity contribution in [3.05, 3.63) is 60.8 Å². The second kappa shape index (κ2) is 5.02. The number of hydrogen-bond donors (Lipinski definition) is 1. The molecule has 4 heteroatoms. The smallest absolute Gasteiger partial charge is 0.0806 e. The molecule has 0 aliphatic rings. The van der Waals surface area contributed by atoms with Gasteiger partial charge in [0.1, 0.15) is 0 Å². The molecule has 1 unspecified atom stereocenters. The van der Waals surface area contributed by atoms with Crippen molar-refractivity contribution < 1.29 is 0 Å². The van der Waals surface area contributed by atoms with E-state index in [9.17, 15) is 0 Å². The number of aromatic nitrogens is 3. The molecular formula is C15H14N4. The molecule has 1 N–H and O–H groups in total. The number of rotatable bonds is 3. The monoisotopic (exact) mass is 250 g/mol. The Hall–Kier alpha value is -2.49. The molecule has 2 aromatic heterocycles. The summed E-state index contributed by atoms with van der Waals surface area (Å²) >= 11 is 0. The Balaban J connectivity index is 1.94. The number of nitrogens with one attached hydrogen (secondary N) is 1. The number of hydrogen-bond acceptors (Lipinski definition) is 4. The number of nitrogens with zero attached hydrogens (tertiary/aromatic N) is 3. The van der Waals surface area contributed by atoms with E-state index in [1.165, 1.54) is 0 Å². The average molecular weight is 250 g/mol. The zero-order valence-electron chi connectivity index (χ0n) is 10.6. The molecule has 0 fully saturated rings. The number of pyridine rings is 1. The molecule has 0 bridgehead atoms. The fraction of sp³-hybridized carbons (Fsp3) is 0.133. The van der Waals surface area contributed by atoms with E-state index in [0.29, 0.717) is 0 Å². The Labute approximate surface area is 111 Å². The van der Waals surface area contributed by atoms with Gasteiger partial charge >= 0.3 is 0 Å². The number of benzene rings is 1. The van der Waals surface area contributed by atoms with Gasteiger partial charge in [-0.1, -0.05) is 6.07 Å². The molecule has 1 aromatic carbocycles. The Morgan fingerprint density at radius 1 is 1.00 bits per heavy atom. The van der Waals surface area contributed by atoms with Crippen molar-refractivity contribution in [2.45, 2.75) is 13.0 Å². The number of fused-ring (bicyclic) bond motifs is 1. The Morgan fingerprint density at radius 3 is 2.79 bits per heavy atom. The molecule has 94 valence electrons. The molecule has 1 atom stereocenters. The molecule has 0 aliphatic heterocycles. The summed E-state index contributed by atoms with van der Waals surface area (Å²) in [5.41, 5.74) is 2.96. The minimum atomic E-state index is 0.0968. The van der Waals surface area contributed by atoms with E-state index in [4.69, 9.17) is 0 Å². The van der Waals surface area contributed by atoms with E-state index in [-0.39, 0.29) is 6.04 Å². The van der Waals surface area contributed by atoms with Crippen molar-refractivity contribution in [2.75, 3.05) is 5.32 Å². The lowest BCUT2D eigenvalue weighted by Crippen LogP contribution is -2.09. The average Bonchev–Trinajstić information content (AvgIpc) is 2.48. The van der Waals surface area contributed by atoms with Crippen LogP contribution in [0.4, 0.5) is 5.69 Å². The third-order valence-electron chi connectivity index (χ3n) is 3.04. The summed E-state index contributed by atoms with van der Waals surface area (Å²) in [5.74, 6) is 0. The van der Waals surface area contributed by atoms with Gasteiger partial charge in [0.15, 0.2) is 0 Å². The molecule has 0 saturated heterocycles. The molecule has 4 nitrogen and oxygen atoms in total. The molecule has 0 amide bonds. The van der Waals surface area contributed by atoms with Crippen LogP contribution >= 0.6 is 0 Å². The summed E-state index contributed by atoms with van der Waals surface area (Å²) in [7, 11) is 0. The summed E-state index contributed by atoms with van der Waals surface area (Å²) < 4.78 is 0. The van der Waals surface area contributed by atoms with Crippen LogP contribution in [-0.2, 0) is 0 Å². The van der Waals surface area contributed by atoms with Crippen molar-refractivity contribution in [1.82, 2.24) is 15.0 Å². The van der Waals surface area contributed by atoms with Crippen LogP contribution < -0.4 is 5.32 Å². The number of anilines is 1. The lowest BCUT2D eigenvalue weighted by molar-refractivity contribution is 0.829. The molecule has 0 aliphatic carbocycles. The van der Waals surface area contributed by atoms with Crippen molar-refractivity contribution in [3.63, 3.8) is 0 Å². The molecule has 3 rings (SSSR count). The fourth-order valence-corrected chi connectivity index (χ4v) is 2.07. The van der Waals surface area contributed by atoms with Gasteiger partial charge in [0.25, 0.3) is 0 Å².